The van der Waals surface area contributed by atoms with Gasteiger partial charge >= 0.3 is 0 Å². The molecule has 2 aromatic rings. The Morgan fingerprint density at radius 1 is 0.944 bits per heavy atom. The van der Waals surface area contributed by atoms with Crippen LogP contribution in [0.2, 0.25) is 0 Å². The van der Waals surface area contributed by atoms with Gasteiger partial charge in [0.25, 0.3) is 0 Å². The molecule has 0 unspecified atom stereocenters. The van der Waals surface area contributed by atoms with Gasteiger partial charge in [-0.05, 0) is 45.9 Å². The van der Waals surface area contributed by atoms with Crippen LogP contribution in [0.15, 0.2) is 24.3 Å². The number of nitrogens with zero attached hydrogens (tertiary/aromatic N) is 2. The zero-order chi connectivity index (χ0) is 13.1. The summed E-state index contributed by atoms with van der Waals surface area (Å²) < 4.78 is 0. The Morgan fingerprint density at radius 3 is 2.22 bits per heavy atom. The van der Waals surface area contributed by atoms with Crippen LogP contribution >= 0.6 is 0 Å². The third-order valence-electron chi connectivity index (χ3n) is 2.71. The molecule has 1 N–H and O–H groups in total. The summed E-state index contributed by atoms with van der Waals surface area (Å²) in [6.45, 7) is 9.08. The van der Waals surface area contributed by atoms with Gasteiger partial charge in [-0.1, -0.05) is 17.2 Å². The Balaban J connectivity index is 2.49. The molecule has 18 heavy (non-hydrogen) atoms. The van der Waals surface area contributed by atoms with Crippen molar-refractivity contribution in [1.29, 1.82) is 0 Å². The van der Waals surface area contributed by atoms with Gasteiger partial charge in [-0.15, -0.1) is 0 Å². The van der Waals surface area contributed by atoms with Crippen LogP contribution in [0, 0.1) is 20.8 Å². The lowest BCUT2D eigenvalue weighted by atomic mass is 10.0. The summed E-state index contributed by atoms with van der Waals surface area (Å²) in [5.41, 5.74) is 5.62. The minimum absolute atomic E-state index is 0.701. The highest BCUT2D eigenvalue weighted by Gasteiger charge is 2.05. The molecule has 0 spiro atoms. The number of rotatable bonds is 3. The van der Waals surface area contributed by atoms with E-state index in [4.69, 9.17) is 0 Å². The molecule has 0 fully saturated rings. The van der Waals surface area contributed by atoms with Crippen LogP contribution in [0.1, 0.15) is 23.7 Å². The molecule has 0 aliphatic rings. The lowest BCUT2D eigenvalue weighted by Gasteiger charge is -2.08. The summed E-state index contributed by atoms with van der Waals surface area (Å²) in [4.78, 5) is 8.93. The van der Waals surface area contributed by atoms with Gasteiger partial charge in [0.05, 0.1) is 5.69 Å². The summed E-state index contributed by atoms with van der Waals surface area (Å²) in [5, 5.41) is 3.17. The van der Waals surface area contributed by atoms with Crippen LogP contribution in [-0.4, -0.2) is 16.5 Å². The summed E-state index contributed by atoms with van der Waals surface area (Å²) in [5.74, 6) is 0.701. The van der Waals surface area contributed by atoms with E-state index in [0.29, 0.717) is 5.95 Å². The van der Waals surface area contributed by atoms with Gasteiger partial charge in [0.1, 0.15) is 0 Å². The van der Waals surface area contributed by atoms with Crippen molar-refractivity contribution in [1.82, 2.24) is 9.97 Å². The van der Waals surface area contributed by atoms with Crippen LogP contribution in [0.5, 0.6) is 0 Å². The van der Waals surface area contributed by atoms with E-state index in [2.05, 4.69) is 47.3 Å². The fourth-order valence-corrected chi connectivity index (χ4v) is 2.08. The average molecular weight is 241 g/mol. The molecule has 3 nitrogen and oxygen atoms in total. The summed E-state index contributed by atoms with van der Waals surface area (Å²) in [6, 6.07) is 8.51. The molecule has 0 atom stereocenters. The third-order valence-corrected chi connectivity index (χ3v) is 2.71. The van der Waals surface area contributed by atoms with Gasteiger partial charge in [-0.25, -0.2) is 9.97 Å². The Bertz CT molecular complexity index is 541. The first-order valence-electron chi connectivity index (χ1n) is 6.26. The number of aryl methyl sites for hydroxylation is 3. The number of aromatic nitrogens is 2. The van der Waals surface area contributed by atoms with Gasteiger partial charge in [0.2, 0.25) is 5.95 Å². The Labute approximate surface area is 108 Å². The molecule has 0 amide bonds. The van der Waals surface area contributed by atoms with E-state index in [1.807, 2.05) is 19.9 Å². The smallest absolute Gasteiger partial charge is 0.223 e. The Hall–Kier alpha value is -1.90. The maximum Gasteiger partial charge on any atom is 0.223 e. The van der Waals surface area contributed by atoms with Crippen molar-refractivity contribution in [3.8, 4) is 11.3 Å². The normalized spacial score (nSPS) is 10.4. The largest absolute Gasteiger partial charge is 0.354 e. The van der Waals surface area contributed by atoms with Crippen molar-refractivity contribution in [3.05, 3.63) is 41.1 Å². The van der Waals surface area contributed by atoms with Crippen molar-refractivity contribution < 1.29 is 0 Å². The minimum Gasteiger partial charge on any atom is -0.354 e. The van der Waals surface area contributed by atoms with E-state index in [0.717, 1.165) is 23.5 Å². The molecular weight excluding hydrogens is 222 g/mol. The predicted molar refractivity (Wildman–Crippen MR) is 75.8 cm³/mol. The molecule has 0 saturated carbocycles. The van der Waals surface area contributed by atoms with E-state index in [1.54, 1.807) is 0 Å². The molecular formula is C15H19N3. The molecule has 0 aliphatic heterocycles. The topological polar surface area (TPSA) is 37.8 Å². The second kappa shape index (κ2) is 5.17. The Kier molecular flexibility index (Phi) is 3.60. The average Bonchev–Trinajstić information content (AvgIpc) is 2.27. The van der Waals surface area contributed by atoms with E-state index in [9.17, 15) is 0 Å². The van der Waals surface area contributed by atoms with Crippen molar-refractivity contribution >= 4 is 5.95 Å². The first-order valence-corrected chi connectivity index (χ1v) is 6.26. The number of anilines is 1. The number of nitrogens with one attached hydrogen (secondary N) is 1. The zero-order valence-corrected chi connectivity index (χ0v) is 11.4. The first kappa shape index (κ1) is 12.6. The van der Waals surface area contributed by atoms with E-state index >= 15 is 0 Å². The Morgan fingerprint density at radius 2 is 1.61 bits per heavy atom. The molecule has 1 aromatic carbocycles. The second-order valence-corrected chi connectivity index (χ2v) is 4.62. The van der Waals surface area contributed by atoms with E-state index in [1.165, 1.54) is 11.1 Å². The predicted octanol–water partition coefficient (Wildman–Crippen LogP) is 3.50. The van der Waals surface area contributed by atoms with Crippen molar-refractivity contribution in [3.63, 3.8) is 0 Å². The molecule has 1 heterocycles. The second-order valence-electron chi connectivity index (χ2n) is 4.62. The maximum absolute atomic E-state index is 4.55. The standard InChI is InChI=1S/C15H19N3/c1-5-16-15-17-12(4)9-14(18-15)13-7-10(2)6-11(3)8-13/h6-9H,5H2,1-4H3,(H,16,17,18). The van der Waals surface area contributed by atoms with Crippen molar-refractivity contribution in [2.45, 2.75) is 27.7 Å². The van der Waals surface area contributed by atoms with Gasteiger partial charge < -0.3 is 5.32 Å². The van der Waals surface area contributed by atoms with Gasteiger partial charge in [-0.2, -0.15) is 0 Å². The van der Waals surface area contributed by atoms with Gasteiger partial charge in [-0.3, -0.25) is 0 Å². The zero-order valence-electron chi connectivity index (χ0n) is 11.4. The number of hydrogen-bond acceptors (Lipinski definition) is 3. The van der Waals surface area contributed by atoms with Gasteiger partial charge in [0, 0.05) is 17.8 Å². The molecule has 0 radical (unpaired) electrons. The third kappa shape index (κ3) is 2.86. The summed E-state index contributed by atoms with van der Waals surface area (Å²) in [7, 11) is 0. The van der Waals surface area contributed by atoms with Crippen LogP contribution in [-0.2, 0) is 0 Å². The lowest BCUT2D eigenvalue weighted by Crippen LogP contribution is -2.04. The molecule has 94 valence electrons. The SMILES string of the molecule is CCNc1nc(C)cc(-c2cc(C)cc(C)c2)n1. The molecule has 2 rings (SSSR count). The van der Waals surface area contributed by atoms with Crippen LogP contribution in [0.3, 0.4) is 0 Å². The van der Waals surface area contributed by atoms with Crippen molar-refractivity contribution in [2.24, 2.45) is 0 Å². The van der Waals surface area contributed by atoms with Crippen LogP contribution in [0.4, 0.5) is 5.95 Å². The van der Waals surface area contributed by atoms with Gasteiger partial charge in [0.15, 0.2) is 0 Å². The van der Waals surface area contributed by atoms with E-state index < -0.39 is 0 Å². The highest BCUT2D eigenvalue weighted by molar-refractivity contribution is 5.62. The highest BCUT2D eigenvalue weighted by Crippen LogP contribution is 2.22. The fourth-order valence-electron chi connectivity index (χ4n) is 2.08. The first-order chi connectivity index (χ1) is 8.58. The lowest BCUT2D eigenvalue weighted by molar-refractivity contribution is 1.05. The van der Waals surface area contributed by atoms with Crippen molar-refractivity contribution in [2.75, 3.05) is 11.9 Å². The van der Waals surface area contributed by atoms with E-state index in [-0.39, 0.29) is 0 Å². The van der Waals surface area contributed by atoms with Crippen LogP contribution < -0.4 is 5.32 Å². The fraction of sp³-hybridized carbons (Fsp3) is 0.333. The maximum atomic E-state index is 4.55. The molecule has 0 aliphatic carbocycles. The molecule has 3 heteroatoms. The molecule has 1 aromatic heterocycles. The molecule has 0 bridgehead atoms. The quantitative estimate of drug-likeness (QED) is 0.893. The summed E-state index contributed by atoms with van der Waals surface area (Å²) >= 11 is 0. The minimum atomic E-state index is 0.701. The number of benzene rings is 1. The highest BCUT2D eigenvalue weighted by atomic mass is 15.1. The summed E-state index contributed by atoms with van der Waals surface area (Å²) in [6.07, 6.45) is 0. The molecule has 0 saturated heterocycles. The monoisotopic (exact) mass is 241 g/mol. The number of hydrogen-bond donors (Lipinski definition) is 1. The van der Waals surface area contributed by atoms with Crippen LogP contribution in [0.25, 0.3) is 11.3 Å².